The van der Waals surface area contributed by atoms with Crippen molar-refractivity contribution in [1.82, 2.24) is 9.80 Å². The van der Waals surface area contributed by atoms with Gasteiger partial charge in [0.15, 0.2) is 0 Å². The molecular weight excluding hydrogens is 272 g/mol. The Morgan fingerprint density at radius 1 is 0.905 bits per heavy atom. The molecule has 2 saturated heterocycles. The zero-order valence-corrected chi connectivity index (χ0v) is 13.0. The van der Waals surface area contributed by atoms with Crippen LogP contribution in [0.1, 0.15) is 32.1 Å². The summed E-state index contributed by atoms with van der Waals surface area (Å²) < 4.78 is 10.7. The number of rotatable bonds is 4. The minimum absolute atomic E-state index is 0.0927. The molecule has 0 aromatic rings. The third-order valence-corrected chi connectivity index (χ3v) is 4.05. The molecule has 2 aliphatic rings. The third kappa shape index (κ3) is 5.63. The van der Waals surface area contributed by atoms with Crippen molar-refractivity contribution in [3.05, 3.63) is 0 Å². The molecule has 0 aliphatic carbocycles. The molecule has 0 saturated carbocycles. The van der Waals surface area contributed by atoms with E-state index in [2.05, 4.69) is 9.80 Å². The molecular formula is C15H26N2O4. The minimum atomic E-state index is -0.468. The van der Waals surface area contributed by atoms with E-state index in [1.165, 1.54) is 0 Å². The van der Waals surface area contributed by atoms with E-state index in [-0.39, 0.29) is 18.6 Å². The molecule has 0 N–H and O–H groups in total. The van der Waals surface area contributed by atoms with Crippen LogP contribution in [0.15, 0.2) is 0 Å². The van der Waals surface area contributed by atoms with E-state index in [1.54, 1.807) is 0 Å². The van der Waals surface area contributed by atoms with Gasteiger partial charge < -0.3 is 19.3 Å². The Morgan fingerprint density at radius 2 is 1.33 bits per heavy atom. The van der Waals surface area contributed by atoms with Gasteiger partial charge in [0.2, 0.25) is 0 Å². The molecule has 0 aromatic heterocycles. The normalized spacial score (nSPS) is 28.1. The van der Waals surface area contributed by atoms with Gasteiger partial charge in [0.05, 0.1) is 0 Å². The zero-order chi connectivity index (χ0) is 15.2. The molecule has 2 aliphatic heterocycles. The van der Waals surface area contributed by atoms with Gasteiger partial charge in [-0.15, -0.1) is 0 Å². The predicted octanol–water partition coefficient (Wildman–Crippen LogP) is 0.651. The highest BCUT2D eigenvalue weighted by Crippen LogP contribution is 2.14. The van der Waals surface area contributed by atoms with Crippen LogP contribution in [-0.4, -0.2) is 74.2 Å². The van der Waals surface area contributed by atoms with E-state index in [0.29, 0.717) is 0 Å². The van der Waals surface area contributed by atoms with Crippen molar-refractivity contribution in [1.29, 1.82) is 0 Å². The summed E-state index contributed by atoms with van der Waals surface area (Å²) in [4.78, 5) is 27.8. The maximum atomic E-state index is 11.8. The van der Waals surface area contributed by atoms with Gasteiger partial charge in [0, 0.05) is 13.1 Å². The number of ether oxygens (including phenoxy) is 2. The maximum Gasteiger partial charge on any atom is 0.317 e. The van der Waals surface area contributed by atoms with Gasteiger partial charge in [0.1, 0.15) is 18.6 Å². The molecule has 2 rings (SSSR count). The van der Waals surface area contributed by atoms with E-state index in [9.17, 15) is 9.59 Å². The van der Waals surface area contributed by atoms with Crippen LogP contribution in [0, 0.1) is 0 Å². The molecule has 0 bridgehead atoms. The molecule has 0 aromatic carbocycles. The van der Waals surface area contributed by atoms with Gasteiger partial charge in [-0.05, 0) is 52.9 Å². The number of nitrogens with zero attached hydrogens (tertiary/aromatic N) is 2. The lowest BCUT2D eigenvalue weighted by molar-refractivity contribution is -0.162. The first-order valence-electron chi connectivity index (χ1n) is 7.79. The van der Waals surface area contributed by atoms with Crippen LogP contribution in [0.2, 0.25) is 0 Å². The quantitative estimate of drug-likeness (QED) is 0.561. The van der Waals surface area contributed by atoms with Crippen LogP contribution in [0.5, 0.6) is 0 Å². The number of piperidine rings is 2. The minimum Gasteiger partial charge on any atom is -0.461 e. The fourth-order valence-electron chi connectivity index (χ4n) is 3.00. The second kappa shape index (κ2) is 7.75. The number of hydrogen-bond donors (Lipinski definition) is 0. The smallest absolute Gasteiger partial charge is 0.317 e. The standard InChI is InChI=1S/C15H26N2O4/c1-16-7-3-5-12(10-16)20-14(18)9-15(19)21-13-6-4-8-17(2)11-13/h12-13H,3-11H2,1-2H3. The lowest BCUT2D eigenvalue weighted by Crippen LogP contribution is -2.39. The molecule has 2 unspecified atom stereocenters. The Balaban J connectivity index is 1.68. The van der Waals surface area contributed by atoms with Crippen molar-refractivity contribution in [3.8, 4) is 0 Å². The molecule has 2 fully saturated rings. The van der Waals surface area contributed by atoms with Gasteiger partial charge in [-0.1, -0.05) is 0 Å². The summed E-state index contributed by atoms with van der Waals surface area (Å²) in [5.41, 5.74) is 0. The Kier molecular flexibility index (Phi) is 5.99. The van der Waals surface area contributed by atoms with Crippen molar-refractivity contribution in [3.63, 3.8) is 0 Å². The van der Waals surface area contributed by atoms with E-state index in [0.717, 1.165) is 51.9 Å². The fraction of sp³-hybridized carbons (Fsp3) is 0.867. The summed E-state index contributed by atoms with van der Waals surface area (Å²) >= 11 is 0. The largest absolute Gasteiger partial charge is 0.461 e. The fourth-order valence-corrected chi connectivity index (χ4v) is 3.00. The Bertz CT molecular complexity index is 341. The van der Waals surface area contributed by atoms with Crippen molar-refractivity contribution < 1.29 is 19.1 Å². The van der Waals surface area contributed by atoms with E-state index >= 15 is 0 Å². The van der Waals surface area contributed by atoms with Crippen LogP contribution >= 0.6 is 0 Å². The first-order valence-corrected chi connectivity index (χ1v) is 7.79. The molecule has 6 heteroatoms. The van der Waals surface area contributed by atoms with Crippen LogP contribution < -0.4 is 0 Å². The summed E-state index contributed by atoms with van der Waals surface area (Å²) in [5, 5.41) is 0. The third-order valence-electron chi connectivity index (χ3n) is 4.05. The number of carbonyl (C=O) groups excluding carboxylic acids is 2. The number of carbonyl (C=O) groups is 2. The van der Waals surface area contributed by atoms with Crippen LogP contribution in [-0.2, 0) is 19.1 Å². The van der Waals surface area contributed by atoms with Crippen molar-refractivity contribution >= 4 is 11.9 Å². The maximum absolute atomic E-state index is 11.8. The van der Waals surface area contributed by atoms with Crippen LogP contribution in [0.4, 0.5) is 0 Å². The summed E-state index contributed by atoms with van der Waals surface area (Å²) in [5.74, 6) is -0.936. The highest BCUT2D eigenvalue weighted by Gasteiger charge is 2.25. The monoisotopic (exact) mass is 298 g/mol. The molecule has 2 atom stereocenters. The van der Waals surface area contributed by atoms with E-state index < -0.39 is 11.9 Å². The first-order chi connectivity index (χ1) is 10.0. The lowest BCUT2D eigenvalue weighted by atomic mass is 10.1. The SMILES string of the molecule is CN1CCCC(OC(=O)CC(=O)OC2CCCN(C)C2)C1. The van der Waals surface area contributed by atoms with E-state index in [1.807, 2.05) is 14.1 Å². The Hall–Kier alpha value is -1.14. The van der Waals surface area contributed by atoms with Gasteiger partial charge in [0.25, 0.3) is 0 Å². The summed E-state index contributed by atoms with van der Waals surface area (Å²) in [6.45, 7) is 3.55. The topological polar surface area (TPSA) is 59.1 Å². The second-order valence-corrected chi connectivity index (χ2v) is 6.21. The van der Waals surface area contributed by atoms with Gasteiger partial charge >= 0.3 is 11.9 Å². The number of hydrogen-bond acceptors (Lipinski definition) is 6. The Morgan fingerprint density at radius 3 is 1.71 bits per heavy atom. The number of likely N-dealkylation sites (N-methyl/N-ethyl adjacent to an activating group) is 2. The Labute approximate surface area is 126 Å². The van der Waals surface area contributed by atoms with Crippen molar-refractivity contribution in [2.45, 2.75) is 44.3 Å². The summed E-state index contributed by atoms with van der Waals surface area (Å²) in [6, 6.07) is 0. The number of likely N-dealkylation sites (tertiary alicyclic amines) is 2. The van der Waals surface area contributed by atoms with Crippen LogP contribution in [0.3, 0.4) is 0 Å². The highest BCUT2D eigenvalue weighted by molar-refractivity contribution is 5.91. The molecule has 120 valence electrons. The zero-order valence-electron chi connectivity index (χ0n) is 13.0. The van der Waals surface area contributed by atoms with Gasteiger partial charge in [-0.3, -0.25) is 9.59 Å². The van der Waals surface area contributed by atoms with Crippen molar-refractivity contribution in [2.75, 3.05) is 40.3 Å². The van der Waals surface area contributed by atoms with Gasteiger partial charge in [-0.25, -0.2) is 0 Å². The average molecular weight is 298 g/mol. The van der Waals surface area contributed by atoms with Crippen molar-refractivity contribution in [2.24, 2.45) is 0 Å². The highest BCUT2D eigenvalue weighted by atomic mass is 16.6. The second-order valence-electron chi connectivity index (χ2n) is 6.21. The molecule has 2 heterocycles. The van der Waals surface area contributed by atoms with Crippen LogP contribution in [0.25, 0.3) is 0 Å². The lowest BCUT2D eigenvalue weighted by Gasteiger charge is -2.30. The average Bonchev–Trinajstić information content (AvgIpc) is 2.38. The summed E-state index contributed by atoms with van der Waals surface area (Å²) in [7, 11) is 4.02. The molecule has 0 amide bonds. The predicted molar refractivity (Wildman–Crippen MR) is 77.8 cm³/mol. The van der Waals surface area contributed by atoms with Gasteiger partial charge in [-0.2, -0.15) is 0 Å². The van der Waals surface area contributed by atoms with E-state index in [4.69, 9.17) is 9.47 Å². The number of esters is 2. The first kappa shape index (κ1) is 16.2. The molecule has 0 spiro atoms. The molecule has 6 nitrogen and oxygen atoms in total. The molecule has 21 heavy (non-hydrogen) atoms. The molecule has 0 radical (unpaired) electrons. The summed E-state index contributed by atoms with van der Waals surface area (Å²) in [6.07, 6.45) is 3.33.